The number of rotatable bonds is 4. The van der Waals surface area contributed by atoms with Crippen LogP contribution in [0.5, 0.6) is 5.75 Å². The Hall–Kier alpha value is -1.28. The average molecular weight is 206 g/mol. The minimum absolute atomic E-state index is 0.00546. The molecule has 1 rings (SSSR count). The predicted octanol–water partition coefficient (Wildman–Crippen LogP) is 2.72. The molecule has 0 aliphatic rings. The summed E-state index contributed by atoms with van der Waals surface area (Å²) in [6.07, 6.45) is 1.75. The van der Waals surface area contributed by atoms with E-state index in [0.717, 1.165) is 11.3 Å². The first kappa shape index (κ1) is 11.8. The topological polar surface area (TPSA) is 29.5 Å². The molecule has 0 unspecified atom stereocenters. The molecular weight excluding hydrogens is 188 g/mol. The third-order valence-corrected chi connectivity index (χ3v) is 2.91. The van der Waals surface area contributed by atoms with Crippen LogP contribution in [0.1, 0.15) is 19.4 Å². The van der Waals surface area contributed by atoms with Crippen LogP contribution in [0.15, 0.2) is 36.9 Å². The summed E-state index contributed by atoms with van der Waals surface area (Å²) in [6.45, 7) is 7.44. The summed E-state index contributed by atoms with van der Waals surface area (Å²) in [4.78, 5) is 0. The van der Waals surface area contributed by atoms with Crippen LogP contribution < -0.4 is 4.74 Å². The van der Waals surface area contributed by atoms with Crippen molar-refractivity contribution in [2.24, 2.45) is 5.92 Å². The summed E-state index contributed by atoms with van der Waals surface area (Å²) >= 11 is 0. The lowest BCUT2D eigenvalue weighted by Crippen LogP contribution is -2.28. The normalized spacial score (nSPS) is 16.5. The first-order valence-corrected chi connectivity index (χ1v) is 5.01. The van der Waals surface area contributed by atoms with Gasteiger partial charge in [-0.15, -0.1) is 6.58 Å². The van der Waals surface area contributed by atoms with Gasteiger partial charge in [-0.1, -0.05) is 25.1 Å². The second-order valence-corrected chi connectivity index (χ2v) is 3.90. The van der Waals surface area contributed by atoms with Crippen LogP contribution in [-0.4, -0.2) is 12.2 Å². The molecule has 1 aromatic carbocycles. The Morgan fingerprint density at radius 2 is 1.93 bits per heavy atom. The minimum atomic E-state index is -0.881. The second-order valence-electron chi connectivity index (χ2n) is 3.90. The van der Waals surface area contributed by atoms with E-state index in [1.807, 2.05) is 31.2 Å². The largest absolute Gasteiger partial charge is 0.497 e. The highest BCUT2D eigenvalue weighted by Crippen LogP contribution is 2.30. The van der Waals surface area contributed by atoms with Gasteiger partial charge < -0.3 is 9.84 Å². The van der Waals surface area contributed by atoms with E-state index in [9.17, 15) is 5.11 Å². The van der Waals surface area contributed by atoms with E-state index in [2.05, 4.69) is 6.58 Å². The summed E-state index contributed by atoms with van der Waals surface area (Å²) in [5.41, 5.74) is -0.00991. The van der Waals surface area contributed by atoms with E-state index in [1.54, 1.807) is 20.1 Å². The molecule has 0 fully saturated rings. The number of ether oxygens (including phenoxy) is 1. The van der Waals surface area contributed by atoms with Gasteiger partial charge in [-0.3, -0.25) is 0 Å². The van der Waals surface area contributed by atoms with Crippen LogP contribution in [0.3, 0.4) is 0 Å². The van der Waals surface area contributed by atoms with Crippen molar-refractivity contribution < 1.29 is 9.84 Å². The fourth-order valence-corrected chi connectivity index (χ4v) is 1.42. The molecular formula is C13H18O2. The van der Waals surface area contributed by atoms with Gasteiger partial charge in [0.1, 0.15) is 5.75 Å². The smallest absolute Gasteiger partial charge is 0.118 e. The van der Waals surface area contributed by atoms with Crippen LogP contribution in [0.25, 0.3) is 0 Å². The Morgan fingerprint density at radius 1 is 1.40 bits per heavy atom. The molecule has 0 saturated heterocycles. The summed E-state index contributed by atoms with van der Waals surface area (Å²) in [5, 5.41) is 10.3. The number of benzene rings is 1. The van der Waals surface area contributed by atoms with Crippen LogP contribution in [0.4, 0.5) is 0 Å². The Balaban J connectivity index is 2.99. The van der Waals surface area contributed by atoms with Gasteiger partial charge in [0.25, 0.3) is 0 Å². The van der Waals surface area contributed by atoms with Gasteiger partial charge in [0, 0.05) is 5.92 Å². The van der Waals surface area contributed by atoms with E-state index >= 15 is 0 Å². The molecule has 0 saturated carbocycles. The summed E-state index contributed by atoms with van der Waals surface area (Å²) in [5.74, 6) is 0.798. The molecule has 1 aromatic rings. The monoisotopic (exact) mass is 206 g/mol. The highest BCUT2D eigenvalue weighted by atomic mass is 16.5. The lowest BCUT2D eigenvalue weighted by Gasteiger charge is -2.28. The maximum absolute atomic E-state index is 10.3. The Kier molecular flexibility index (Phi) is 3.53. The molecule has 2 nitrogen and oxygen atoms in total. The van der Waals surface area contributed by atoms with E-state index in [-0.39, 0.29) is 5.92 Å². The zero-order chi connectivity index (χ0) is 11.5. The van der Waals surface area contributed by atoms with Gasteiger partial charge in [-0.25, -0.2) is 0 Å². The molecule has 0 bridgehead atoms. The van der Waals surface area contributed by atoms with E-state index < -0.39 is 5.60 Å². The molecule has 0 amide bonds. The number of methoxy groups -OCH3 is 1. The van der Waals surface area contributed by atoms with Crippen LogP contribution >= 0.6 is 0 Å². The van der Waals surface area contributed by atoms with E-state index in [1.165, 1.54) is 0 Å². The quantitative estimate of drug-likeness (QED) is 0.767. The second kappa shape index (κ2) is 4.49. The van der Waals surface area contributed by atoms with Crippen molar-refractivity contribution in [3.63, 3.8) is 0 Å². The van der Waals surface area contributed by atoms with Gasteiger partial charge in [0.05, 0.1) is 12.7 Å². The molecule has 0 heterocycles. The van der Waals surface area contributed by atoms with Crippen LogP contribution in [-0.2, 0) is 5.60 Å². The zero-order valence-electron chi connectivity index (χ0n) is 9.53. The highest BCUT2D eigenvalue weighted by molar-refractivity contribution is 5.31. The summed E-state index contributed by atoms with van der Waals surface area (Å²) in [6, 6.07) is 7.44. The third-order valence-electron chi connectivity index (χ3n) is 2.91. The first-order valence-electron chi connectivity index (χ1n) is 5.01. The molecule has 0 spiro atoms. The fourth-order valence-electron chi connectivity index (χ4n) is 1.42. The Bertz CT molecular complexity index is 325. The van der Waals surface area contributed by atoms with E-state index in [4.69, 9.17) is 4.74 Å². The van der Waals surface area contributed by atoms with Gasteiger partial charge >= 0.3 is 0 Å². The molecule has 2 heteroatoms. The van der Waals surface area contributed by atoms with Crippen molar-refractivity contribution in [2.75, 3.05) is 7.11 Å². The number of hydrogen-bond acceptors (Lipinski definition) is 2. The Labute approximate surface area is 91.2 Å². The SMILES string of the molecule is C=C[C@H](C)[C@@](C)(O)c1ccc(OC)cc1. The molecule has 0 aliphatic carbocycles. The molecule has 0 aromatic heterocycles. The van der Waals surface area contributed by atoms with Crippen LogP contribution in [0.2, 0.25) is 0 Å². The van der Waals surface area contributed by atoms with Crippen molar-refractivity contribution in [3.05, 3.63) is 42.5 Å². The fraction of sp³-hybridized carbons (Fsp3) is 0.385. The number of aliphatic hydroxyl groups is 1. The minimum Gasteiger partial charge on any atom is -0.497 e. The third kappa shape index (κ3) is 2.39. The standard InChI is InChI=1S/C13H18O2/c1-5-10(2)13(3,14)11-6-8-12(15-4)9-7-11/h5-10,14H,1H2,2-4H3/t10-,13+/m0/s1. The zero-order valence-corrected chi connectivity index (χ0v) is 9.53. The molecule has 15 heavy (non-hydrogen) atoms. The summed E-state index contributed by atoms with van der Waals surface area (Å²) < 4.78 is 5.07. The molecule has 1 N–H and O–H groups in total. The van der Waals surface area contributed by atoms with Gasteiger partial charge in [0.15, 0.2) is 0 Å². The average Bonchev–Trinajstić information content (AvgIpc) is 2.28. The molecule has 82 valence electrons. The summed E-state index contributed by atoms with van der Waals surface area (Å²) in [7, 11) is 1.62. The highest BCUT2D eigenvalue weighted by Gasteiger charge is 2.28. The maximum atomic E-state index is 10.3. The van der Waals surface area contributed by atoms with Gasteiger partial charge in [-0.2, -0.15) is 0 Å². The van der Waals surface area contributed by atoms with Crippen molar-refractivity contribution in [2.45, 2.75) is 19.4 Å². The molecule has 0 aliphatic heterocycles. The lowest BCUT2D eigenvalue weighted by molar-refractivity contribution is 0.0205. The van der Waals surface area contributed by atoms with Crippen LogP contribution in [0, 0.1) is 5.92 Å². The Morgan fingerprint density at radius 3 is 2.33 bits per heavy atom. The van der Waals surface area contributed by atoms with Crippen molar-refractivity contribution in [1.82, 2.24) is 0 Å². The lowest BCUT2D eigenvalue weighted by atomic mass is 9.84. The van der Waals surface area contributed by atoms with Gasteiger partial charge in [0.2, 0.25) is 0 Å². The molecule has 0 radical (unpaired) electrons. The first-order chi connectivity index (χ1) is 7.02. The van der Waals surface area contributed by atoms with Crippen molar-refractivity contribution >= 4 is 0 Å². The number of hydrogen-bond donors (Lipinski definition) is 1. The van der Waals surface area contributed by atoms with Crippen molar-refractivity contribution in [3.8, 4) is 5.75 Å². The van der Waals surface area contributed by atoms with Crippen molar-refractivity contribution in [1.29, 1.82) is 0 Å². The van der Waals surface area contributed by atoms with E-state index in [0.29, 0.717) is 0 Å². The molecule has 2 atom stereocenters. The predicted molar refractivity (Wildman–Crippen MR) is 61.9 cm³/mol. The van der Waals surface area contributed by atoms with Gasteiger partial charge in [-0.05, 0) is 24.6 Å². The maximum Gasteiger partial charge on any atom is 0.118 e.